The highest BCUT2D eigenvalue weighted by Crippen LogP contribution is 2.30. The van der Waals surface area contributed by atoms with Crippen molar-refractivity contribution in [2.45, 2.75) is 46.6 Å². The zero-order valence-corrected chi connectivity index (χ0v) is 11.1. The first-order valence-electron chi connectivity index (χ1n) is 6.34. The van der Waals surface area contributed by atoms with Crippen LogP contribution in [0.4, 0.5) is 0 Å². The monoisotopic (exact) mass is 212 g/mol. The van der Waals surface area contributed by atoms with Crippen molar-refractivity contribution >= 4 is 0 Å². The topological polar surface area (TPSA) is 15.3 Å². The summed E-state index contributed by atoms with van der Waals surface area (Å²) in [5.74, 6) is 0.765. The van der Waals surface area contributed by atoms with E-state index in [-0.39, 0.29) is 0 Å². The van der Waals surface area contributed by atoms with Gasteiger partial charge < -0.3 is 10.2 Å². The van der Waals surface area contributed by atoms with Crippen LogP contribution in [0.3, 0.4) is 0 Å². The van der Waals surface area contributed by atoms with Gasteiger partial charge in [-0.2, -0.15) is 0 Å². The van der Waals surface area contributed by atoms with E-state index >= 15 is 0 Å². The van der Waals surface area contributed by atoms with Gasteiger partial charge in [-0.15, -0.1) is 0 Å². The molecule has 1 atom stereocenters. The van der Waals surface area contributed by atoms with Crippen molar-refractivity contribution < 1.29 is 0 Å². The summed E-state index contributed by atoms with van der Waals surface area (Å²) in [5, 5.41) is 3.67. The zero-order chi connectivity index (χ0) is 11.5. The molecule has 0 aliphatic carbocycles. The summed E-state index contributed by atoms with van der Waals surface area (Å²) in [6.45, 7) is 13.0. The third-order valence-corrected chi connectivity index (χ3v) is 3.50. The predicted octanol–water partition coefficient (Wildman–Crippen LogP) is 2.35. The molecule has 0 saturated carbocycles. The molecule has 1 fully saturated rings. The van der Waals surface area contributed by atoms with E-state index in [2.05, 4.69) is 45.0 Å². The molecule has 2 heteroatoms. The second-order valence-corrected chi connectivity index (χ2v) is 6.21. The summed E-state index contributed by atoms with van der Waals surface area (Å²) in [6, 6.07) is 0.662. The highest BCUT2D eigenvalue weighted by molar-refractivity contribution is 4.89. The highest BCUT2D eigenvalue weighted by Gasteiger charge is 2.32. The first-order chi connectivity index (χ1) is 6.92. The molecule has 0 spiro atoms. The minimum atomic E-state index is 0.462. The van der Waals surface area contributed by atoms with E-state index in [1.165, 1.54) is 32.5 Å². The van der Waals surface area contributed by atoms with Crippen LogP contribution < -0.4 is 5.32 Å². The predicted molar refractivity (Wildman–Crippen MR) is 67.1 cm³/mol. The van der Waals surface area contributed by atoms with Gasteiger partial charge in [0.25, 0.3) is 0 Å². The van der Waals surface area contributed by atoms with E-state index in [0.717, 1.165) is 5.92 Å². The molecule has 0 aromatic carbocycles. The number of hydrogen-bond donors (Lipinski definition) is 1. The van der Waals surface area contributed by atoms with Gasteiger partial charge in [-0.05, 0) is 37.8 Å². The third kappa shape index (κ3) is 4.12. The van der Waals surface area contributed by atoms with Crippen LogP contribution in [0.2, 0.25) is 0 Å². The minimum absolute atomic E-state index is 0.462. The van der Waals surface area contributed by atoms with E-state index in [0.29, 0.717) is 11.5 Å². The minimum Gasteiger partial charge on any atom is -0.312 e. The molecule has 0 bridgehead atoms. The second kappa shape index (κ2) is 5.31. The van der Waals surface area contributed by atoms with E-state index in [1.807, 2.05) is 0 Å². The molecule has 0 aromatic heterocycles. The molecule has 1 aliphatic rings. The lowest BCUT2D eigenvalue weighted by Crippen LogP contribution is -2.52. The number of likely N-dealkylation sites (N-methyl/N-ethyl adjacent to an activating group) is 1. The van der Waals surface area contributed by atoms with E-state index in [9.17, 15) is 0 Å². The largest absolute Gasteiger partial charge is 0.312 e. The summed E-state index contributed by atoms with van der Waals surface area (Å²) in [6.07, 6.45) is 2.69. The quantitative estimate of drug-likeness (QED) is 0.769. The first-order valence-corrected chi connectivity index (χ1v) is 6.34. The fourth-order valence-electron chi connectivity index (χ4n) is 2.59. The van der Waals surface area contributed by atoms with Crippen LogP contribution in [0, 0.1) is 11.3 Å². The Labute approximate surface area is 95.4 Å². The Bertz CT molecular complexity index is 187. The van der Waals surface area contributed by atoms with Crippen molar-refractivity contribution in [2.24, 2.45) is 11.3 Å². The van der Waals surface area contributed by atoms with Gasteiger partial charge in [-0.1, -0.05) is 27.7 Å². The number of rotatable bonds is 4. The van der Waals surface area contributed by atoms with Crippen LogP contribution in [0.1, 0.15) is 40.5 Å². The summed E-state index contributed by atoms with van der Waals surface area (Å²) in [7, 11) is 2.24. The van der Waals surface area contributed by atoms with Crippen molar-refractivity contribution in [1.82, 2.24) is 10.2 Å². The lowest BCUT2D eigenvalue weighted by atomic mass is 9.77. The summed E-state index contributed by atoms with van der Waals surface area (Å²) < 4.78 is 0. The maximum Gasteiger partial charge on any atom is 0.0245 e. The number of nitrogens with zero attached hydrogens (tertiary/aromatic N) is 1. The molecule has 2 nitrogen and oxygen atoms in total. The fourth-order valence-corrected chi connectivity index (χ4v) is 2.59. The van der Waals surface area contributed by atoms with Gasteiger partial charge in [0.15, 0.2) is 0 Å². The molecule has 0 amide bonds. The third-order valence-electron chi connectivity index (χ3n) is 3.50. The molecule has 0 aromatic rings. The molecule has 1 unspecified atom stereocenters. The van der Waals surface area contributed by atoms with Crippen molar-refractivity contribution in [3.63, 3.8) is 0 Å². The highest BCUT2D eigenvalue weighted by atomic mass is 15.1. The lowest BCUT2D eigenvalue weighted by molar-refractivity contribution is 0.133. The second-order valence-electron chi connectivity index (χ2n) is 6.21. The number of piperidine rings is 1. The maximum absolute atomic E-state index is 3.67. The molecule has 0 radical (unpaired) electrons. The lowest BCUT2D eigenvalue weighted by Gasteiger charge is -2.41. The molecule has 1 heterocycles. The van der Waals surface area contributed by atoms with Crippen molar-refractivity contribution in [1.29, 1.82) is 0 Å². The average molecular weight is 212 g/mol. The average Bonchev–Trinajstić information content (AvgIpc) is 2.07. The van der Waals surface area contributed by atoms with Crippen molar-refractivity contribution in [2.75, 3.05) is 26.7 Å². The number of hydrogen-bond acceptors (Lipinski definition) is 2. The Balaban J connectivity index is 2.41. The van der Waals surface area contributed by atoms with Crippen LogP contribution in [0.25, 0.3) is 0 Å². The zero-order valence-electron chi connectivity index (χ0n) is 11.1. The van der Waals surface area contributed by atoms with Crippen molar-refractivity contribution in [3.8, 4) is 0 Å². The van der Waals surface area contributed by atoms with E-state index in [1.54, 1.807) is 0 Å². The first kappa shape index (κ1) is 13.0. The fraction of sp³-hybridized carbons (Fsp3) is 1.00. The summed E-state index contributed by atoms with van der Waals surface area (Å²) in [4.78, 5) is 2.47. The molecule has 1 aliphatic heterocycles. The molecule has 1 saturated heterocycles. The molecule has 1 rings (SSSR count). The van der Waals surface area contributed by atoms with Crippen LogP contribution in [-0.4, -0.2) is 37.6 Å². The molecule has 90 valence electrons. The molecular weight excluding hydrogens is 184 g/mol. The van der Waals surface area contributed by atoms with Crippen molar-refractivity contribution in [3.05, 3.63) is 0 Å². The Morgan fingerprint density at radius 2 is 2.07 bits per heavy atom. The Kier molecular flexibility index (Phi) is 4.60. The van der Waals surface area contributed by atoms with Crippen LogP contribution >= 0.6 is 0 Å². The van der Waals surface area contributed by atoms with Gasteiger partial charge >= 0.3 is 0 Å². The standard InChI is InChI=1S/C13H28N2/c1-11(2)9-15(5)10-12-13(3,4)7-6-8-14-12/h11-12,14H,6-10H2,1-5H3. The van der Waals surface area contributed by atoms with Gasteiger partial charge in [-0.3, -0.25) is 0 Å². The molecule has 15 heavy (non-hydrogen) atoms. The molecule has 1 N–H and O–H groups in total. The van der Waals surface area contributed by atoms with E-state index < -0.39 is 0 Å². The smallest absolute Gasteiger partial charge is 0.0245 e. The van der Waals surface area contributed by atoms with Crippen LogP contribution in [-0.2, 0) is 0 Å². The number of nitrogens with one attached hydrogen (secondary N) is 1. The Hall–Kier alpha value is -0.0800. The summed E-state index contributed by atoms with van der Waals surface area (Å²) >= 11 is 0. The van der Waals surface area contributed by atoms with Gasteiger partial charge in [-0.25, -0.2) is 0 Å². The Morgan fingerprint density at radius 1 is 1.40 bits per heavy atom. The van der Waals surface area contributed by atoms with Crippen LogP contribution in [0.15, 0.2) is 0 Å². The van der Waals surface area contributed by atoms with E-state index in [4.69, 9.17) is 0 Å². The maximum atomic E-state index is 3.67. The van der Waals surface area contributed by atoms with Gasteiger partial charge in [0, 0.05) is 19.1 Å². The normalized spacial score (nSPS) is 26.2. The van der Waals surface area contributed by atoms with Gasteiger partial charge in [0.1, 0.15) is 0 Å². The van der Waals surface area contributed by atoms with Gasteiger partial charge in [0.2, 0.25) is 0 Å². The molecular formula is C13H28N2. The SMILES string of the molecule is CC(C)CN(C)CC1NCCCC1(C)C. The summed E-state index contributed by atoms with van der Waals surface area (Å²) in [5.41, 5.74) is 0.462. The van der Waals surface area contributed by atoms with Gasteiger partial charge in [0.05, 0.1) is 0 Å². The Morgan fingerprint density at radius 3 is 2.60 bits per heavy atom. The van der Waals surface area contributed by atoms with Crippen LogP contribution in [0.5, 0.6) is 0 Å².